The molecule has 5 nitrogen and oxygen atoms in total. The summed E-state index contributed by atoms with van der Waals surface area (Å²) in [6.07, 6.45) is 9.83. The molecular formula is C21H28N4OS. The van der Waals surface area contributed by atoms with E-state index >= 15 is 0 Å². The number of nitrogens with zero attached hydrogens (tertiary/aromatic N) is 3. The van der Waals surface area contributed by atoms with Crippen LogP contribution in [0.25, 0.3) is 0 Å². The van der Waals surface area contributed by atoms with Crippen molar-refractivity contribution in [1.82, 2.24) is 15.1 Å². The number of likely N-dealkylation sites (tertiary alicyclic amines) is 1. The van der Waals surface area contributed by atoms with Gasteiger partial charge >= 0.3 is 0 Å². The zero-order valence-electron chi connectivity index (χ0n) is 15.8. The Hall–Kier alpha value is -1.79. The summed E-state index contributed by atoms with van der Waals surface area (Å²) < 4.78 is 0. The van der Waals surface area contributed by atoms with Crippen molar-refractivity contribution in [2.75, 3.05) is 18.4 Å². The van der Waals surface area contributed by atoms with Crippen LogP contribution in [0.1, 0.15) is 73.9 Å². The normalized spacial score (nSPS) is 20.3. The Balaban J connectivity index is 1.49. The highest BCUT2D eigenvalue weighted by Crippen LogP contribution is 2.35. The van der Waals surface area contributed by atoms with Gasteiger partial charge in [0.25, 0.3) is 0 Å². The van der Waals surface area contributed by atoms with Crippen molar-refractivity contribution >= 4 is 22.4 Å². The van der Waals surface area contributed by atoms with Gasteiger partial charge in [-0.2, -0.15) is 0 Å². The zero-order chi connectivity index (χ0) is 18.5. The number of hydrogen-bond acceptors (Lipinski definition) is 5. The van der Waals surface area contributed by atoms with Crippen molar-refractivity contribution in [3.63, 3.8) is 0 Å². The number of rotatable bonds is 5. The predicted octanol–water partition coefficient (Wildman–Crippen LogP) is 4.75. The maximum Gasteiger partial charge on any atom is 0.248 e. The van der Waals surface area contributed by atoms with Crippen LogP contribution in [0.3, 0.4) is 0 Å². The van der Waals surface area contributed by atoms with Crippen LogP contribution in [-0.4, -0.2) is 34.1 Å². The van der Waals surface area contributed by atoms with E-state index in [-0.39, 0.29) is 11.9 Å². The lowest BCUT2D eigenvalue weighted by molar-refractivity contribution is -0.122. The van der Waals surface area contributed by atoms with Crippen LogP contribution in [0.5, 0.6) is 0 Å². The molecule has 2 aromatic rings. The minimum atomic E-state index is -0.256. The smallest absolute Gasteiger partial charge is 0.248 e. The van der Waals surface area contributed by atoms with Crippen LogP contribution in [-0.2, 0) is 4.79 Å². The molecule has 1 N–H and O–H groups in total. The first-order valence-electron chi connectivity index (χ1n) is 10.2. The number of nitrogens with one attached hydrogen (secondary N) is 1. The van der Waals surface area contributed by atoms with Gasteiger partial charge in [0, 0.05) is 5.92 Å². The Kier molecular flexibility index (Phi) is 6.14. The van der Waals surface area contributed by atoms with Crippen molar-refractivity contribution < 1.29 is 4.79 Å². The van der Waals surface area contributed by atoms with Gasteiger partial charge in [-0.05, 0) is 44.3 Å². The van der Waals surface area contributed by atoms with Crippen molar-refractivity contribution in [2.24, 2.45) is 0 Å². The van der Waals surface area contributed by atoms with Gasteiger partial charge in [-0.25, -0.2) is 0 Å². The fourth-order valence-electron chi connectivity index (χ4n) is 4.31. The minimum absolute atomic E-state index is 0.00874. The molecule has 1 atom stereocenters. The summed E-state index contributed by atoms with van der Waals surface area (Å²) in [4.78, 5) is 15.5. The second-order valence-corrected chi connectivity index (χ2v) is 8.69. The zero-order valence-corrected chi connectivity index (χ0v) is 16.6. The van der Waals surface area contributed by atoms with Gasteiger partial charge in [-0.15, -0.1) is 10.2 Å². The fraction of sp³-hybridized carbons (Fsp3) is 0.571. The molecule has 0 unspecified atom stereocenters. The number of amides is 1. The van der Waals surface area contributed by atoms with Gasteiger partial charge in [0.2, 0.25) is 11.0 Å². The van der Waals surface area contributed by atoms with E-state index in [1.54, 1.807) is 11.3 Å². The van der Waals surface area contributed by atoms with E-state index < -0.39 is 0 Å². The van der Waals surface area contributed by atoms with E-state index in [0.717, 1.165) is 36.5 Å². The number of piperidine rings is 1. The summed E-state index contributed by atoms with van der Waals surface area (Å²) in [6, 6.07) is 9.85. The first-order valence-corrected chi connectivity index (χ1v) is 11.1. The molecule has 1 aliphatic carbocycles. The summed E-state index contributed by atoms with van der Waals surface area (Å²) in [7, 11) is 0. The van der Waals surface area contributed by atoms with Crippen molar-refractivity contribution in [2.45, 2.75) is 63.3 Å². The first kappa shape index (κ1) is 18.6. The van der Waals surface area contributed by atoms with E-state index in [0.29, 0.717) is 11.0 Å². The molecule has 1 aliphatic heterocycles. The van der Waals surface area contributed by atoms with Crippen LogP contribution in [0, 0.1) is 0 Å². The van der Waals surface area contributed by atoms with Gasteiger partial charge in [-0.3, -0.25) is 15.0 Å². The maximum atomic E-state index is 13.2. The predicted molar refractivity (Wildman–Crippen MR) is 109 cm³/mol. The van der Waals surface area contributed by atoms with Gasteiger partial charge in [0.15, 0.2) is 0 Å². The van der Waals surface area contributed by atoms with Crippen LogP contribution in [0.4, 0.5) is 5.13 Å². The molecule has 0 radical (unpaired) electrons. The molecule has 0 bridgehead atoms. The van der Waals surface area contributed by atoms with E-state index in [1.807, 2.05) is 30.3 Å². The molecule has 6 heteroatoms. The Bertz CT molecular complexity index is 736. The second kappa shape index (κ2) is 8.93. The second-order valence-electron chi connectivity index (χ2n) is 7.68. The molecule has 144 valence electrons. The van der Waals surface area contributed by atoms with Crippen LogP contribution in [0.15, 0.2) is 30.3 Å². The largest absolute Gasteiger partial charge is 0.299 e. The number of aromatic nitrogens is 2. The number of hydrogen-bond donors (Lipinski definition) is 1. The maximum absolute atomic E-state index is 13.2. The highest BCUT2D eigenvalue weighted by atomic mass is 32.1. The first-order chi connectivity index (χ1) is 13.3. The third-order valence-electron chi connectivity index (χ3n) is 5.74. The average Bonchev–Trinajstić information content (AvgIpc) is 3.19. The highest BCUT2D eigenvalue weighted by Gasteiger charge is 2.29. The van der Waals surface area contributed by atoms with Crippen LogP contribution in [0.2, 0.25) is 0 Å². The topological polar surface area (TPSA) is 58.1 Å². The molecule has 0 spiro atoms. The lowest BCUT2D eigenvalue weighted by atomic mass is 9.90. The fourth-order valence-corrected chi connectivity index (χ4v) is 5.23. The van der Waals surface area contributed by atoms with Gasteiger partial charge in [0.1, 0.15) is 11.0 Å². The summed E-state index contributed by atoms with van der Waals surface area (Å²) in [5.74, 6) is 0.531. The minimum Gasteiger partial charge on any atom is -0.299 e. The molecule has 1 saturated heterocycles. The van der Waals surface area contributed by atoms with Gasteiger partial charge < -0.3 is 0 Å². The number of benzene rings is 1. The summed E-state index contributed by atoms with van der Waals surface area (Å²) in [5, 5.41) is 13.4. The molecule has 2 fully saturated rings. The van der Waals surface area contributed by atoms with E-state index in [4.69, 9.17) is 0 Å². The monoisotopic (exact) mass is 384 g/mol. The quantitative estimate of drug-likeness (QED) is 0.808. The van der Waals surface area contributed by atoms with Crippen LogP contribution >= 0.6 is 11.3 Å². The van der Waals surface area contributed by atoms with Crippen molar-refractivity contribution in [3.8, 4) is 0 Å². The highest BCUT2D eigenvalue weighted by molar-refractivity contribution is 7.15. The van der Waals surface area contributed by atoms with Gasteiger partial charge in [0.05, 0.1) is 0 Å². The molecule has 1 aromatic carbocycles. The molecule has 2 aliphatic rings. The molecule has 2 heterocycles. The van der Waals surface area contributed by atoms with E-state index in [1.165, 1.54) is 38.5 Å². The number of carbonyl (C=O) groups excluding carboxylic acids is 1. The Morgan fingerprint density at radius 1 is 1.00 bits per heavy atom. The molecular weight excluding hydrogens is 356 g/mol. The number of carbonyl (C=O) groups is 1. The lowest BCUT2D eigenvalue weighted by Gasteiger charge is -2.33. The molecule has 1 aromatic heterocycles. The average molecular weight is 385 g/mol. The van der Waals surface area contributed by atoms with E-state index in [2.05, 4.69) is 20.4 Å². The molecule has 27 heavy (non-hydrogen) atoms. The number of anilines is 1. The molecule has 1 saturated carbocycles. The summed E-state index contributed by atoms with van der Waals surface area (Å²) in [5.41, 5.74) is 1.05. The summed E-state index contributed by atoms with van der Waals surface area (Å²) >= 11 is 1.55. The summed E-state index contributed by atoms with van der Waals surface area (Å²) in [6.45, 7) is 1.94. The lowest BCUT2D eigenvalue weighted by Crippen LogP contribution is -2.40. The van der Waals surface area contributed by atoms with Gasteiger partial charge in [-0.1, -0.05) is 67.4 Å². The standard InChI is InChI=1S/C21H28N4OS/c26-19(22-21-24-23-20(27-21)17-12-6-2-7-13-17)18(16-10-4-1-5-11-16)25-14-8-3-9-15-25/h1,4-5,10-11,17-18H,2-3,6-9,12-15H2,(H,22,24,26)/t18-/m1/s1. The van der Waals surface area contributed by atoms with Crippen molar-refractivity contribution in [1.29, 1.82) is 0 Å². The van der Waals surface area contributed by atoms with Crippen molar-refractivity contribution in [3.05, 3.63) is 40.9 Å². The Morgan fingerprint density at radius 2 is 1.70 bits per heavy atom. The SMILES string of the molecule is O=C(Nc1nnc(C2CCCCC2)s1)[C@@H](c1ccccc1)N1CCCCC1. The Morgan fingerprint density at radius 3 is 2.44 bits per heavy atom. The molecule has 1 amide bonds. The Labute approximate surface area is 165 Å². The van der Waals surface area contributed by atoms with Crippen LogP contribution < -0.4 is 5.32 Å². The molecule has 4 rings (SSSR count). The third-order valence-corrected chi connectivity index (χ3v) is 6.75. The third kappa shape index (κ3) is 4.55. The van der Waals surface area contributed by atoms with E-state index in [9.17, 15) is 4.79 Å².